The zero-order valence-corrected chi connectivity index (χ0v) is 15.7. The monoisotopic (exact) mass is 383 g/mol. The Balaban J connectivity index is 1.60. The number of aromatic nitrogens is 4. The summed E-state index contributed by atoms with van der Waals surface area (Å²) in [6.45, 7) is 5.98. The second-order valence-corrected chi connectivity index (χ2v) is 7.55. The zero-order valence-electron chi connectivity index (χ0n) is 14.9. The lowest BCUT2D eigenvalue weighted by Crippen LogP contribution is -2.19. The van der Waals surface area contributed by atoms with Crippen LogP contribution in [-0.2, 0) is 5.41 Å². The van der Waals surface area contributed by atoms with Crippen molar-refractivity contribution >= 4 is 34.3 Å². The van der Waals surface area contributed by atoms with E-state index >= 15 is 0 Å². The number of nitrogens with zero attached hydrogens (tertiary/aromatic N) is 4. The Morgan fingerprint density at radius 3 is 2.56 bits per heavy atom. The van der Waals surface area contributed by atoms with E-state index in [0.717, 1.165) is 0 Å². The van der Waals surface area contributed by atoms with Crippen LogP contribution in [0.3, 0.4) is 0 Å². The molecule has 2 amide bonds. The Morgan fingerprint density at radius 2 is 1.89 bits per heavy atom. The van der Waals surface area contributed by atoms with Gasteiger partial charge >= 0.3 is 6.03 Å². The number of rotatable bonds is 2. The number of carbonyl (C=O) groups excluding carboxylic acids is 1. The van der Waals surface area contributed by atoms with Crippen LogP contribution in [0.5, 0.6) is 0 Å². The predicted octanol–water partition coefficient (Wildman–Crippen LogP) is 2.84. The van der Waals surface area contributed by atoms with Gasteiger partial charge in [0.05, 0.1) is 16.6 Å². The van der Waals surface area contributed by atoms with Crippen LogP contribution in [0.2, 0.25) is 0 Å². The maximum absolute atomic E-state index is 12.1. The Morgan fingerprint density at radius 1 is 1.15 bits per heavy atom. The van der Waals surface area contributed by atoms with E-state index in [1.807, 2.05) is 20.8 Å². The van der Waals surface area contributed by atoms with E-state index in [1.165, 1.54) is 23.7 Å². The molecule has 138 valence electrons. The summed E-state index contributed by atoms with van der Waals surface area (Å²) < 4.78 is 5.22. The van der Waals surface area contributed by atoms with Crippen molar-refractivity contribution < 1.29 is 9.32 Å². The van der Waals surface area contributed by atoms with Crippen LogP contribution in [0, 0.1) is 11.8 Å². The van der Waals surface area contributed by atoms with Crippen molar-refractivity contribution in [1.29, 1.82) is 0 Å². The predicted molar refractivity (Wildman–Crippen MR) is 102 cm³/mol. The van der Waals surface area contributed by atoms with Gasteiger partial charge in [0.2, 0.25) is 5.95 Å². The van der Waals surface area contributed by atoms with Crippen LogP contribution in [0.15, 0.2) is 29.2 Å². The quantitative estimate of drug-likeness (QED) is 0.580. The molecule has 0 spiro atoms. The van der Waals surface area contributed by atoms with Gasteiger partial charge in [0.25, 0.3) is 0 Å². The molecular formula is C17H17N7O2S. The van der Waals surface area contributed by atoms with E-state index in [4.69, 9.17) is 10.3 Å². The minimum Gasteiger partial charge on any atom is -0.368 e. The van der Waals surface area contributed by atoms with Gasteiger partial charge in [-0.2, -0.15) is 0 Å². The molecule has 27 heavy (non-hydrogen) atoms. The number of thiazole rings is 1. The second-order valence-electron chi connectivity index (χ2n) is 6.52. The highest BCUT2D eigenvalue weighted by atomic mass is 32.1. The van der Waals surface area contributed by atoms with Gasteiger partial charge in [-0.1, -0.05) is 43.2 Å². The van der Waals surface area contributed by atoms with Crippen LogP contribution in [-0.4, -0.2) is 26.1 Å². The van der Waals surface area contributed by atoms with Crippen LogP contribution >= 0.6 is 11.3 Å². The summed E-state index contributed by atoms with van der Waals surface area (Å²) in [5, 5.41) is 9.47. The molecule has 10 heteroatoms. The molecule has 0 atom stereocenters. The molecule has 3 aromatic rings. The van der Waals surface area contributed by atoms with Crippen LogP contribution in [0.4, 0.5) is 21.7 Å². The first-order valence-corrected chi connectivity index (χ1v) is 8.72. The standard InChI is InChI=1S/C17H17N7O2S/c1-17(2,3)12-6-13(24-26-12)22-15(25)23-16-21-9-11(27-16)5-4-10-7-19-14(18)20-8-10/h6-9H,1-3H3,(H2,18,19,20)(H2,21,22,23,24,25). The fraction of sp³-hybridized carbons (Fsp3) is 0.235. The normalized spacial score (nSPS) is 10.8. The van der Waals surface area contributed by atoms with Crippen LogP contribution in [0.25, 0.3) is 0 Å². The summed E-state index contributed by atoms with van der Waals surface area (Å²) in [6, 6.07) is 1.22. The van der Waals surface area contributed by atoms with E-state index in [9.17, 15) is 4.79 Å². The topological polar surface area (TPSA) is 132 Å². The number of anilines is 3. The lowest BCUT2D eigenvalue weighted by Gasteiger charge is -2.11. The van der Waals surface area contributed by atoms with Gasteiger partial charge in [-0.15, -0.1) is 0 Å². The van der Waals surface area contributed by atoms with Crippen molar-refractivity contribution in [3.05, 3.63) is 40.9 Å². The smallest absolute Gasteiger partial charge is 0.326 e. The number of nitrogens with two attached hydrogens (primary N) is 1. The lowest BCUT2D eigenvalue weighted by atomic mass is 9.93. The number of nitrogen functional groups attached to an aromatic ring is 1. The van der Waals surface area contributed by atoms with Crippen molar-refractivity contribution in [2.24, 2.45) is 0 Å². The molecule has 0 fully saturated rings. The van der Waals surface area contributed by atoms with Crippen LogP contribution in [0.1, 0.15) is 37.0 Å². The summed E-state index contributed by atoms with van der Waals surface area (Å²) in [4.78, 5) is 24.6. The summed E-state index contributed by atoms with van der Waals surface area (Å²) in [5.41, 5.74) is 5.86. The van der Waals surface area contributed by atoms with Crippen molar-refractivity contribution in [3.63, 3.8) is 0 Å². The van der Waals surface area contributed by atoms with Crippen LogP contribution < -0.4 is 16.4 Å². The fourth-order valence-corrected chi connectivity index (χ4v) is 2.52. The molecule has 0 saturated heterocycles. The first-order chi connectivity index (χ1) is 12.8. The minimum absolute atomic E-state index is 0.192. The molecule has 3 rings (SSSR count). The molecular weight excluding hydrogens is 366 g/mol. The zero-order chi connectivity index (χ0) is 19.4. The third-order valence-corrected chi connectivity index (χ3v) is 4.05. The molecule has 4 N–H and O–H groups in total. The van der Waals surface area contributed by atoms with Crippen molar-refractivity contribution in [2.75, 3.05) is 16.4 Å². The molecule has 3 heterocycles. The van der Waals surface area contributed by atoms with Gasteiger partial charge in [0.1, 0.15) is 5.76 Å². The average Bonchev–Trinajstić information content (AvgIpc) is 3.23. The summed E-state index contributed by atoms with van der Waals surface area (Å²) in [6.07, 6.45) is 4.64. The third kappa shape index (κ3) is 5.02. The van der Waals surface area contributed by atoms with E-state index < -0.39 is 6.03 Å². The molecule has 0 unspecified atom stereocenters. The van der Waals surface area contributed by atoms with Gasteiger partial charge in [0, 0.05) is 23.9 Å². The van der Waals surface area contributed by atoms with E-state index in [1.54, 1.807) is 12.3 Å². The van der Waals surface area contributed by atoms with Crippen molar-refractivity contribution in [3.8, 4) is 11.8 Å². The van der Waals surface area contributed by atoms with E-state index in [0.29, 0.717) is 27.2 Å². The Hall–Kier alpha value is -3.45. The van der Waals surface area contributed by atoms with Gasteiger partial charge in [-0.05, 0) is 5.92 Å². The van der Waals surface area contributed by atoms with E-state index in [2.05, 4.69) is 42.6 Å². The number of amides is 2. The number of hydrogen-bond acceptors (Lipinski definition) is 8. The molecule has 0 radical (unpaired) electrons. The van der Waals surface area contributed by atoms with Crippen molar-refractivity contribution in [1.82, 2.24) is 20.1 Å². The van der Waals surface area contributed by atoms with Crippen molar-refractivity contribution in [2.45, 2.75) is 26.2 Å². The highest BCUT2D eigenvalue weighted by Gasteiger charge is 2.20. The highest BCUT2D eigenvalue weighted by molar-refractivity contribution is 7.16. The third-order valence-electron chi connectivity index (χ3n) is 3.22. The average molecular weight is 383 g/mol. The second kappa shape index (κ2) is 7.43. The number of nitrogens with one attached hydrogen (secondary N) is 2. The first-order valence-electron chi connectivity index (χ1n) is 7.90. The molecule has 0 aromatic carbocycles. The Bertz CT molecular complexity index is 1010. The number of hydrogen-bond donors (Lipinski definition) is 3. The molecule has 0 bridgehead atoms. The number of urea groups is 1. The largest absolute Gasteiger partial charge is 0.368 e. The molecule has 3 aromatic heterocycles. The lowest BCUT2D eigenvalue weighted by molar-refractivity contribution is 0.262. The number of carbonyl (C=O) groups is 1. The minimum atomic E-state index is -0.468. The molecule has 0 saturated carbocycles. The summed E-state index contributed by atoms with van der Waals surface area (Å²) >= 11 is 1.24. The molecule has 9 nitrogen and oxygen atoms in total. The van der Waals surface area contributed by atoms with E-state index in [-0.39, 0.29) is 11.4 Å². The summed E-state index contributed by atoms with van der Waals surface area (Å²) in [7, 11) is 0. The molecule has 0 aliphatic carbocycles. The van der Waals surface area contributed by atoms with Gasteiger partial charge in [-0.25, -0.2) is 19.7 Å². The highest BCUT2D eigenvalue weighted by Crippen LogP contribution is 2.24. The SMILES string of the molecule is CC(C)(C)c1cc(NC(=O)Nc2ncc(C#Cc3cnc(N)nc3)s2)no1. The maximum Gasteiger partial charge on any atom is 0.326 e. The Labute approximate surface area is 159 Å². The van der Waals surface area contributed by atoms with Gasteiger partial charge < -0.3 is 10.3 Å². The molecule has 0 aliphatic rings. The van der Waals surface area contributed by atoms with Gasteiger partial charge in [-0.3, -0.25) is 10.6 Å². The summed E-state index contributed by atoms with van der Waals surface area (Å²) in [5.74, 6) is 7.03. The fourth-order valence-electron chi connectivity index (χ4n) is 1.86. The maximum atomic E-state index is 12.1. The first kappa shape index (κ1) is 18.3. The Kier molecular flexibility index (Phi) is 5.05. The molecule has 0 aliphatic heterocycles. The van der Waals surface area contributed by atoms with Gasteiger partial charge in [0.15, 0.2) is 10.9 Å².